The molecule has 0 amide bonds. The van der Waals surface area contributed by atoms with Crippen LogP contribution in [0.3, 0.4) is 0 Å². The van der Waals surface area contributed by atoms with Crippen molar-refractivity contribution in [3.63, 3.8) is 0 Å². The smallest absolute Gasteiger partial charge is 0.212 e. The molecule has 0 aromatic heterocycles. The zero-order valence-electron chi connectivity index (χ0n) is 10.3. The summed E-state index contributed by atoms with van der Waals surface area (Å²) >= 11 is 0. The predicted octanol–water partition coefficient (Wildman–Crippen LogP) is -1.51. The summed E-state index contributed by atoms with van der Waals surface area (Å²) in [5.41, 5.74) is -1.10. The summed E-state index contributed by atoms with van der Waals surface area (Å²) in [4.78, 5) is 0. The molecule has 0 atom stereocenters. The lowest BCUT2D eigenvalue weighted by molar-refractivity contribution is -0.0588. The summed E-state index contributed by atoms with van der Waals surface area (Å²) in [6.45, 7) is 0.672. The van der Waals surface area contributed by atoms with Crippen molar-refractivity contribution in [3.05, 3.63) is 0 Å². The van der Waals surface area contributed by atoms with Gasteiger partial charge in [-0.15, -0.1) is 0 Å². The van der Waals surface area contributed by atoms with E-state index in [0.717, 1.165) is 6.26 Å². The second kappa shape index (κ2) is 5.83. The molecule has 0 aliphatic carbocycles. The standard InChI is InChI=1S/C9H19NO6S2/c1-17(12,13)6-7-18(14,15)10-8-9(11)2-4-16-5-3-9/h10-11H,2-8H2,1H3. The van der Waals surface area contributed by atoms with Gasteiger partial charge in [-0.05, 0) is 0 Å². The Hall–Kier alpha value is -0.220. The molecular formula is C9H19NO6S2. The van der Waals surface area contributed by atoms with Crippen molar-refractivity contribution >= 4 is 19.9 Å². The number of nitrogens with one attached hydrogen (secondary N) is 1. The average molecular weight is 301 g/mol. The van der Waals surface area contributed by atoms with Crippen molar-refractivity contribution in [2.45, 2.75) is 18.4 Å². The summed E-state index contributed by atoms with van der Waals surface area (Å²) in [6, 6.07) is 0. The van der Waals surface area contributed by atoms with Crippen LogP contribution in [0.1, 0.15) is 12.8 Å². The Morgan fingerprint density at radius 2 is 1.72 bits per heavy atom. The molecule has 1 saturated heterocycles. The molecule has 2 N–H and O–H groups in total. The van der Waals surface area contributed by atoms with Gasteiger partial charge in [-0.1, -0.05) is 0 Å². The van der Waals surface area contributed by atoms with Crippen molar-refractivity contribution in [1.82, 2.24) is 4.72 Å². The first-order valence-corrected chi connectivity index (χ1v) is 9.28. The van der Waals surface area contributed by atoms with Crippen LogP contribution in [0.5, 0.6) is 0 Å². The molecule has 18 heavy (non-hydrogen) atoms. The zero-order valence-corrected chi connectivity index (χ0v) is 11.9. The van der Waals surface area contributed by atoms with E-state index in [0.29, 0.717) is 26.1 Å². The van der Waals surface area contributed by atoms with Gasteiger partial charge in [0.15, 0.2) is 0 Å². The minimum atomic E-state index is -3.68. The van der Waals surface area contributed by atoms with E-state index < -0.39 is 37.0 Å². The molecule has 0 unspecified atom stereocenters. The molecule has 1 fully saturated rings. The lowest BCUT2D eigenvalue weighted by Crippen LogP contribution is -2.47. The second-order valence-corrected chi connectivity index (χ2v) is 8.79. The lowest BCUT2D eigenvalue weighted by Gasteiger charge is -2.31. The Morgan fingerprint density at radius 1 is 1.17 bits per heavy atom. The average Bonchev–Trinajstić information content (AvgIpc) is 2.25. The fraction of sp³-hybridized carbons (Fsp3) is 1.00. The van der Waals surface area contributed by atoms with Crippen molar-refractivity contribution in [1.29, 1.82) is 0 Å². The summed E-state index contributed by atoms with van der Waals surface area (Å²) in [5.74, 6) is -0.914. The summed E-state index contributed by atoms with van der Waals surface area (Å²) in [7, 11) is -7.00. The van der Waals surface area contributed by atoms with Gasteiger partial charge < -0.3 is 9.84 Å². The Labute approximate surface area is 107 Å². The molecule has 0 radical (unpaired) electrons. The van der Waals surface area contributed by atoms with Crippen LogP contribution >= 0.6 is 0 Å². The van der Waals surface area contributed by atoms with Crippen molar-refractivity contribution < 1.29 is 26.7 Å². The Morgan fingerprint density at radius 3 is 2.22 bits per heavy atom. The molecule has 1 rings (SSSR count). The fourth-order valence-electron chi connectivity index (χ4n) is 1.51. The molecule has 108 valence electrons. The van der Waals surface area contributed by atoms with Crippen LogP contribution in [0.15, 0.2) is 0 Å². The topological polar surface area (TPSA) is 110 Å². The van der Waals surface area contributed by atoms with Crippen LogP contribution in [-0.4, -0.2) is 65.1 Å². The number of sulfonamides is 1. The first kappa shape index (κ1) is 15.8. The van der Waals surface area contributed by atoms with Crippen molar-refractivity contribution in [2.75, 3.05) is 37.5 Å². The largest absolute Gasteiger partial charge is 0.388 e. The monoisotopic (exact) mass is 301 g/mol. The van der Waals surface area contributed by atoms with Crippen LogP contribution in [0.2, 0.25) is 0 Å². The highest BCUT2D eigenvalue weighted by Gasteiger charge is 2.31. The van der Waals surface area contributed by atoms with Gasteiger partial charge in [-0.2, -0.15) is 0 Å². The van der Waals surface area contributed by atoms with E-state index in [-0.39, 0.29) is 6.54 Å². The molecular weight excluding hydrogens is 282 g/mol. The number of ether oxygens (including phenoxy) is 1. The number of rotatable bonds is 6. The third kappa shape index (κ3) is 6.10. The predicted molar refractivity (Wildman–Crippen MR) is 66.5 cm³/mol. The molecule has 7 nitrogen and oxygen atoms in total. The maximum absolute atomic E-state index is 11.5. The third-order valence-electron chi connectivity index (χ3n) is 2.77. The molecule has 1 aliphatic rings. The van der Waals surface area contributed by atoms with Crippen LogP contribution in [-0.2, 0) is 24.6 Å². The zero-order chi connectivity index (χ0) is 13.9. The first-order chi connectivity index (χ1) is 8.12. The molecule has 9 heteroatoms. The van der Waals surface area contributed by atoms with Crippen LogP contribution < -0.4 is 4.72 Å². The maximum atomic E-state index is 11.5. The number of sulfone groups is 1. The molecule has 1 heterocycles. The summed E-state index contributed by atoms with van der Waals surface area (Å²) in [6.07, 6.45) is 1.71. The SMILES string of the molecule is CS(=O)(=O)CCS(=O)(=O)NCC1(O)CCOCC1. The van der Waals surface area contributed by atoms with Crippen LogP contribution in [0, 0.1) is 0 Å². The highest BCUT2D eigenvalue weighted by atomic mass is 32.2. The highest BCUT2D eigenvalue weighted by Crippen LogP contribution is 2.19. The fourth-order valence-corrected chi connectivity index (χ4v) is 4.23. The Balaban J connectivity index is 2.46. The van der Waals surface area contributed by atoms with Crippen molar-refractivity contribution in [2.24, 2.45) is 0 Å². The van der Waals surface area contributed by atoms with Gasteiger partial charge >= 0.3 is 0 Å². The summed E-state index contributed by atoms with van der Waals surface area (Å²) in [5, 5.41) is 10.0. The van der Waals surface area contributed by atoms with E-state index in [4.69, 9.17) is 4.74 Å². The number of aliphatic hydroxyl groups is 1. The Kier molecular flexibility index (Phi) is 5.13. The summed E-state index contributed by atoms with van der Waals surface area (Å²) < 4.78 is 52.2. The minimum Gasteiger partial charge on any atom is -0.388 e. The molecule has 0 bridgehead atoms. The van der Waals surface area contributed by atoms with E-state index in [1.807, 2.05) is 0 Å². The minimum absolute atomic E-state index is 0.109. The number of hydrogen-bond acceptors (Lipinski definition) is 6. The first-order valence-electron chi connectivity index (χ1n) is 5.57. The third-order valence-corrected chi connectivity index (χ3v) is 5.30. The quantitative estimate of drug-likeness (QED) is 0.617. The van der Waals surface area contributed by atoms with E-state index in [1.165, 1.54) is 0 Å². The lowest BCUT2D eigenvalue weighted by atomic mass is 9.95. The highest BCUT2D eigenvalue weighted by molar-refractivity contribution is 7.93. The van der Waals surface area contributed by atoms with E-state index in [9.17, 15) is 21.9 Å². The van der Waals surface area contributed by atoms with Crippen LogP contribution in [0.25, 0.3) is 0 Å². The van der Waals surface area contributed by atoms with E-state index in [1.54, 1.807) is 0 Å². The Bertz CT molecular complexity index is 463. The number of hydrogen-bond donors (Lipinski definition) is 2. The van der Waals surface area contributed by atoms with Gasteiger partial charge in [0.1, 0.15) is 9.84 Å². The van der Waals surface area contributed by atoms with Gasteiger partial charge in [-0.3, -0.25) is 0 Å². The maximum Gasteiger partial charge on any atom is 0.212 e. The van der Waals surface area contributed by atoms with Crippen LogP contribution in [0.4, 0.5) is 0 Å². The van der Waals surface area contributed by atoms with Gasteiger partial charge in [0.25, 0.3) is 0 Å². The van der Waals surface area contributed by atoms with Gasteiger partial charge in [-0.25, -0.2) is 21.6 Å². The van der Waals surface area contributed by atoms with Gasteiger partial charge in [0, 0.05) is 38.9 Å². The van der Waals surface area contributed by atoms with E-state index >= 15 is 0 Å². The molecule has 0 aromatic carbocycles. The van der Waals surface area contributed by atoms with Crippen molar-refractivity contribution in [3.8, 4) is 0 Å². The van der Waals surface area contributed by atoms with Gasteiger partial charge in [0.2, 0.25) is 10.0 Å². The molecule has 0 aromatic rings. The molecule has 1 aliphatic heterocycles. The molecule has 0 spiro atoms. The second-order valence-electron chi connectivity index (χ2n) is 4.61. The normalized spacial score (nSPS) is 20.8. The van der Waals surface area contributed by atoms with Gasteiger partial charge in [0.05, 0.1) is 17.1 Å². The molecule has 0 saturated carbocycles. The van der Waals surface area contributed by atoms with E-state index in [2.05, 4.69) is 4.72 Å².